The van der Waals surface area contributed by atoms with Gasteiger partial charge in [0.15, 0.2) is 5.11 Å². The van der Waals surface area contributed by atoms with Crippen LogP contribution in [0.15, 0.2) is 6.07 Å². The molecule has 32 heavy (non-hydrogen) atoms. The van der Waals surface area contributed by atoms with Crippen molar-refractivity contribution in [2.75, 3.05) is 74.1 Å². The van der Waals surface area contributed by atoms with Gasteiger partial charge in [0.25, 0.3) is 0 Å². The Morgan fingerprint density at radius 1 is 1.03 bits per heavy atom. The number of morpholine rings is 1. The third-order valence-corrected chi connectivity index (χ3v) is 7.19. The van der Waals surface area contributed by atoms with E-state index in [0.717, 1.165) is 76.6 Å². The molecule has 1 aromatic heterocycles. The second-order valence-corrected chi connectivity index (χ2v) is 9.86. The molecule has 4 rings (SSSR count). The lowest BCUT2D eigenvalue weighted by molar-refractivity contribution is 0.0389. The molecule has 0 aromatic carbocycles. The maximum atomic E-state index is 5.57. The molecule has 3 saturated heterocycles. The van der Waals surface area contributed by atoms with Crippen molar-refractivity contribution < 1.29 is 4.74 Å². The van der Waals surface area contributed by atoms with Crippen LogP contribution >= 0.6 is 12.2 Å². The molecule has 0 bridgehead atoms. The molecule has 3 fully saturated rings. The fourth-order valence-electron chi connectivity index (χ4n) is 4.76. The van der Waals surface area contributed by atoms with Gasteiger partial charge in [-0.15, -0.1) is 0 Å². The average Bonchev–Trinajstić information content (AvgIpc) is 2.80. The van der Waals surface area contributed by atoms with E-state index in [-0.39, 0.29) is 0 Å². The third-order valence-electron chi connectivity index (χ3n) is 6.95. The lowest BCUT2D eigenvalue weighted by Gasteiger charge is -2.36. The zero-order valence-electron chi connectivity index (χ0n) is 19.7. The number of nitrogens with zero attached hydrogens (tertiary/aromatic N) is 5. The molecule has 3 aliphatic rings. The lowest BCUT2D eigenvalue weighted by Crippen LogP contribution is -2.42. The number of piperidine rings is 2. The maximum absolute atomic E-state index is 5.57. The van der Waals surface area contributed by atoms with E-state index in [1.165, 1.54) is 32.1 Å². The number of ether oxygens (including phenoxy) is 1. The van der Waals surface area contributed by atoms with Gasteiger partial charge in [0.2, 0.25) is 5.95 Å². The number of hydrogen-bond acceptors (Lipinski definition) is 7. The van der Waals surface area contributed by atoms with Crippen molar-refractivity contribution in [3.05, 3.63) is 6.07 Å². The molecule has 9 heteroatoms. The van der Waals surface area contributed by atoms with Crippen molar-refractivity contribution >= 4 is 34.9 Å². The summed E-state index contributed by atoms with van der Waals surface area (Å²) in [7, 11) is 0. The molecule has 2 N–H and O–H groups in total. The van der Waals surface area contributed by atoms with E-state index in [0.29, 0.717) is 17.1 Å². The summed E-state index contributed by atoms with van der Waals surface area (Å²) in [6, 6.07) is 2.68. The van der Waals surface area contributed by atoms with E-state index < -0.39 is 0 Å². The first-order chi connectivity index (χ1) is 15.6. The van der Waals surface area contributed by atoms with Gasteiger partial charge in [-0.3, -0.25) is 4.90 Å². The molecule has 3 aliphatic heterocycles. The van der Waals surface area contributed by atoms with Crippen LogP contribution in [0, 0.1) is 5.92 Å². The predicted octanol–water partition coefficient (Wildman–Crippen LogP) is 2.71. The van der Waals surface area contributed by atoms with Gasteiger partial charge >= 0.3 is 0 Å². The largest absolute Gasteiger partial charge is 0.379 e. The standard InChI is InChI=1S/C23H39N7OS/c1-18-6-10-29(11-7-18)20-17-21(30-9-4-3-5-19(30)2)26-22(25-20)27-23(32)24-8-12-28-13-15-31-16-14-28/h17-19H,3-16H2,1-2H3,(H2,24,25,26,27,32)/t19-/m0/s1. The van der Waals surface area contributed by atoms with Crippen LogP contribution in [-0.2, 0) is 4.74 Å². The topological polar surface area (TPSA) is 68.8 Å². The molecule has 0 aliphatic carbocycles. The van der Waals surface area contributed by atoms with Gasteiger partial charge in [0.1, 0.15) is 11.6 Å². The molecular weight excluding hydrogens is 422 g/mol. The molecular formula is C23H39N7OS. The average molecular weight is 462 g/mol. The summed E-state index contributed by atoms with van der Waals surface area (Å²) >= 11 is 5.57. The summed E-state index contributed by atoms with van der Waals surface area (Å²) in [5.74, 6) is 3.41. The normalized spacial score (nSPS) is 23.2. The summed E-state index contributed by atoms with van der Waals surface area (Å²) < 4.78 is 5.42. The zero-order valence-corrected chi connectivity index (χ0v) is 20.5. The molecule has 1 atom stereocenters. The predicted molar refractivity (Wildman–Crippen MR) is 135 cm³/mol. The highest BCUT2D eigenvalue weighted by molar-refractivity contribution is 7.80. The van der Waals surface area contributed by atoms with Crippen LogP contribution in [0.1, 0.15) is 46.0 Å². The highest BCUT2D eigenvalue weighted by Gasteiger charge is 2.24. The van der Waals surface area contributed by atoms with Crippen LogP contribution in [0.5, 0.6) is 0 Å². The smallest absolute Gasteiger partial charge is 0.232 e. The third kappa shape index (κ3) is 6.42. The summed E-state index contributed by atoms with van der Waals surface area (Å²) in [6.07, 6.45) is 6.15. The van der Waals surface area contributed by atoms with E-state index in [2.05, 4.69) is 45.2 Å². The fraction of sp³-hybridized carbons (Fsp3) is 0.783. The number of rotatable bonds is 6. The van der Waals surface area contributed by atoms with Gasteiger partial charge in [-0.25, -0.2) is 0 Å². The van der Waals surface area contributed by atoms with Crippen molar-refractivity contribution in [2.45, 2.75) is 52.0 Å². The zero-order chi connectivity index (χ0) is 22.3. The van der Waals surface area contributed by atoms with E-state index in [1.807, 2.05) is 0 Å². The van der Waals surface area contributed by atoms with Crippen LogP contribution < -0.4 is 20.4 Å². The molecule has 178 valence electrons. The summed E-state index contributed by atoms with van der Waals surface area (Å²) in [4.78, 5) is 17.0. The van der Waals surface area contributed by atoms with Gasteiger partial charge in [0.05, 0.1) is 13.2 Å². The SMILES string of the molecule is CC1CCN(c2cc(N3CCCC[C@@H]3C)nc(NC(=S)NCCN3CCOCC3)n2)CC1. The molecule has 4 heterocycles. The van der Waals surface area contributed by atoms with Crippen LogP contribution in [0.4, 0.5) is 17.6 Å². The van der Waals surface area contributed by atoms with Gasteiger partial charge in [-0.2, -0.15) is 9.97 Å². The fourth-order valence-corrected chi connectivity index (χ4v) is 4.95. The van der Waals surface area contributed by atoms with Gasteiger partial charge in [0, 0.05) is 57.9 Å². The van der Waals surface area contributed by atoms with Crippen molar-refractivity contribution in [1.29, 1.82) is 0 Å². The molecule has 0 amide bonds. The highest BCUT2D eigenvalue weighted by Crippen LogP contribution is 2.29. The summed E-state index contributed by atoms with van der Waals surface area (Å²) in [5.41, 5.74) is 0. The Labute approximate surface area is 198 Å². The molecule has 0 saturated carbocycles. The Hall–Kier alpha value is -1.71. The number of thiocarbonyl (C=S) groups is 1. The Balaban J connectivity index is 1.42. The highest BCUT2D eigenvalue weighted by atomic mass is 32.1. The number of nitrogens with one attached hydrogen (secondary N) is 2. The van der Waals surface area contributed by atoms with Crippen LogP contribution in [0.3, 0.4) is 0 Å². The molecule has 0 unspecified atom stereocenters. The van der Waals surface area contributed by atoms with Gasteiger partial charge in [-0.05, 0) is 57.2 Å². The Morgan fingerprint density at radius 2 is 1.78 bits per heavy atom. The first-order valence-corrected chi connectivity index (χ1v) is 12.7. The maximum Gasteiger partial charge on any atom is 0.232 e. The molecule has 0 spiro atoms. The monoisotopic (exact) mass is 461 g/mol. The number of hydrogen-bond donors (Lipinski definition) is 2. The molecule has 8 nitrogen and oxygen atoms in total. The number of anilines is 3. The van der Waals surface area contributed by atoms with Crippen molar-refractivity contribution in [2.24, 2.45) is 5.92 Å². The van der Waals surface area contributed by atoms with E-state index in [1.54, 1.807) is 0 Å². The Kier molecular flexibility index (Phi) is 8.37. The van der Waals surface area contributed by atoms with Crippen molar-refractivity contribution in [1.82, 2.24) is 20.2 Å². The lowest BCUT2D eigenvalue weighted by atomic mass is 9.99. The van der Waals surface area contributed by atoms with Gasteiger partial charge < -0.3 is 25.2 Å². The van der Waals surface area contributed by atoms with E-state index in [4.69, 9.17) is 26.9 Å². The van der Waals surface area contributed by atoms with Crippen LogP contribution in [0.2, 0.25) is 0 Å². The van der Waals surface area contributed by atoms with E-state index >= 15 is 0 Å². The summed E-state index contributed by atoms with van der Waals surface area (Å²) in [6.45, 7) is 13.1. The van der Waals surface area contributed by atoms with Crippen molar-refractivity contribution in [3.63, 3.8) is 0 Å². The molecule has 1 aromatic rings. The quantitative estimate of drug-likeness (QED) is 0.622. The Morgan fingerprint density at radius 3 is 2.53 bits per heavy atom. The Bertz CT molecular complexity index is 750. The molecule has 0 radical (unpaired) electrons. The minimum absolute atomic E-state index is 0.499. The first kappa shape index (κ1) is 23.4. The first-order valence-electron chi connectivity index (χ1n) is 12.3. The summed E-state index contributed by atoms with van der Waals surface area (Å²) in [5, 5.41) is 7.17. The van der Waals surface area contributed by atoms with Crippen molar-refractivity contribution in [3.8, 4) is 0 Å². The van der Waals surface area contributed by atoms with Gasteiger partial charge in [-0.1, -0.05) is 6.92 Å². The van der Waals surface area contributed by atoms with E-state index in [9.17, 15) is 0 Å². The second kappa shape index (κ2) is 11.4. The number of aromatic nitrogens is 2. The minimum Gasteiger partial charge on any atom is -0.379 e. The van der Waals surface area contributed by atoms with Crippen LogP contribution in [0.25, 0.3) is 0 Å². The van der Waals surface area contributed by atoms with Crippen LogP contribution in [-0.4, -0.2) is 85.0 Å². The minimum atomic E-state index is 0.499. The second-order valence-electron chi connectivity index (χ2n) is 9.45.